The highest BCUT2D eigenvalue weighted by molar-refractivity contribution is 5.27. The van der Waals surface area contributed by atoms with E-state index in [0.717, 1.165) is 31.7 Å². The number of hydrogen-bond acceptors (Lipinski definition) is 3. The van der Waals surface area contributed by atoms with Crippen LogP contribution in [0.25, 0.3) is 0 Å². The molecule has 0 fully saturated rings. The highest BCUT2D eigenvalue weighted by Crippen LogP contribution is 2.13. The molecule has 0 radical (unpaired) electrons. The fourth-order valence-corrected chi connectivity index (χ4v) is 1.49. The predicted octanol–water partition coefficient (Wildman–Crippen LogP) is 1.91. The monoisotopic (exact) mass is 236 g/mol. The van der Waals surface area contributed by atoms with Crippen LogP contribution in [0.3, 0.4) is 0 Å². The van der Waals surface area contributed by atoms with E-state index in [-0.39, 0.29) is 6.04 Å². The van der Waals surface area contributed by atoms with Gasteiger partial charge < -0.3 is 15.4 Å². The molecule has 0 bridgehead atoms. The number of nitrogens with two attached hydrogens (primary N) is 1. The number of ether oxygens (including phenoxy) is 1. The molecule has 0 heterocycles. The molecule has 0 aliphatic rings. The van der Waals surface area contributed by atoms with Gasteiger partial charge in [-0.2, -0.15) is 0 Å². The van der Waals surface area contributed by atoms with E-state index in [0.29, 0.717) is 0 Å². The molecule has 0 amide bonds. The van der Waals surface area contributed by atoms with Gasteiger partial charge in [0.1, 0.15) is 12.4 Å². The van der Waals surface area contributed by atoms with Gasteiger partial charge in [-0.3, -0.25) is 0 Å². The van der Waals surface area contributed by atoms with E-state index < -0.39 is 0 Å². The Balaban J connectivity index is 2.34. The first-order valence-electron chi connectivity index (χ1n) is 6.20. The van der Waals surface area contributed by atoms with Crippen LogP contribution in [0, 0.1) is 0 Å². The van der Waals surface area contributed by atoms with Crippen LogP contribution in [0.1, 0.15) is 18.9 Å². The third kappa shape index (κ3) is 6.29. The number of likely N-dealkylation sites (N-methyl/N-ethyl adjacent to an activating group) is 1. The Morgan fingerprint density at radius 3 is 2.41 bits per heavy atom. The highest BCUT2D eigenvalue weighted by Gasteiger charge is 1.98. The highest BCUT2D eigenvalue weighted by atomic mass is 16.5. The van der Waals surface area contributed by atoms with Crippen molar-refractivity contribution in [1.82, 2.24) is 4.90 Å². The molecule has 17 heavy (non-hydrogen) atoms. The van der Waals surface area contributed by atoms with E-state index in [1.807, 2.05) is 33.2 Å². The van der Waals surface area contributed by atoms with Crippen LogP contribution >= 0.6 is 0 Å². The Labute approximate surface area is 105 Å². The number of benzene rings is 1. The van der Waals surface area contributed by atoms with Crippen molar-refractivity contribution in [2.24, 2.45) is 5.73 Å². The maximum absolute atomic E-state index is 5.73. The molecule has 1 unspecified atom stereocenters. The Kier molecular flexibility index (Phi) is 6.01. The summed E-state index contributed by atoms with van der Waals surface area (Å²) in [5, 5.41) is 0. The lowest BCUT2D eigenvalue weighted by Gasteiger charge is -2.11. The summed E-state index contributed by atoms with van der Waals surface area (Å²) in [6.45, 7) is 3.71. The molecule has 96 valence electrons. The molecule has 1 aromatic rings. The molecular formula is C14H24N2O. The summed E-state index contributed by atoms with van der Waals surface area (Å²) < 4.78 is 5.63. The number of aryl methyl sites for hydroxylation is 1. The van der Waals surface area contributed by atoms with Gasteiger partial charge in [-0.25, -0.2) is 0 Å². The van der Waals surface area contributed by atoms with Gasteiger partial charge >= 0.3 is 0 Å². The molecule has 0 saturated carbocycles. The van der Waals surface area contributed by atoms with Crippen LogP contribution in [0.2, 0.25) is 0 Å². The summed E-state index contributed by atoms with van der Waals surface area (Å²) in [7, 11) is 4.08. The minimum Gasteiger partial charge on any atom is -0.492 e. The van der Waals surface area contributed by atoms with E-state index in [4.69, 9.17) is 10.5 Å². The predicted molar refractivity (Wildman–Crippen MR) is 72.5 cm³/mol. The van der Waals surface area contributed by atoms with Crippen molar-refractivity contribution in [2.75, 3.05) is 27.2 Å². The normalized spacial score (nSPS) is 12.8. The molecule has 0 aliphatic heterocycles. The zero-order chi connectivity index (χ0) is 12.7. The fourth-order valence-electron chi connectivity index (χ4n) is 1.49. The van der Waals surface area contributed by atoms with Crippen LogP contribution in [0.5, 0.6) is 5.75 Å². The average molecular weight is 236 g/mol. The minimum atomic E-state index is 0.269. The second-order valence-electron chi connectivity index (χ2n) is 4.81. The lowest BCUT2D eigenvalue weighted by Crippen LogP contribution is -2.19. The van der Waals surface area contributed by atoms with Gasteiger partial charge in [0.05, 0.1) is 0 Å². The summed E-state index contributed by atoms with van der Waals surface area (Å²) in [4.78, 5) is 2.11. The van der Waals surface area contributed by atoms with Gasteiger partial charge in [0.2, 0.25) is 0 Å². The minimum absolute atomic E-state index is 0.269. The molecule has 1 aromatic carbocycles. The van der Waals surface area contributed by atoms with Gasteiger partial charge in [0, 0.05) is 12.6 Å². The number of rotatable bonds is 7. The zero-order valence-electron chi connectivity index (χ0n) is 11.1. The summed E-state index contributed by atoms with van der Waals surface area (Å²) in [5.74, 6) is 0.941. The van der Waals surface area contributed by atoms with Crippen molar-refractivity contribution in [3.63, 3.8) is 0 Å². The Morgan fingerprint density at radius 2 is 1.88 bits per heavy atom. The first kappa shape index (κ1) is 14.0. The van der Waals surface area contributed by atoms with Gasteiger partial charge in [-0.05, 0) is 51.6 Å². The standard InChI is InChI=1S/C14H24N2O/c1-12(15)4-5-13-6-8-14(9-7-13)17-11-10-16(2)3/h6-9,12H,4-5,10-11,15H2,1-3H3. The van der Waals surface area contributed by atoms with Gasteiger partial charge in [0.15, 0.2) is 0 Å². The second kappa shape index (κ2) is 7.30. The van der Waals surface area contributed by atoms with Crippen LogP contribution in [0.4, 0.5) is 0 Å². The fraction of sp³-hybridized carbons (Fsp3) is 0.571. The molecule has 1 atom stereocenters. The summed E-state index contributed by atoms with van der Waals surface area (Å²) >= 11 is 0. The lowest BCUT2D eigenvalue weighted by molar-refractivity contribution is 0.261. The smallest absolute Gasteiger partial charge is 0.119 e. The van der Waals surface area contributed by atoms with E-state index in [1.54, 1.807) is 0 Å². The number of hydrogen-bond donors (Lipinski definition) is 1. The largest absolute Gasteiger partial charge is 0.492 e. The first-order valence-corrected chi connectivity index (χ1v) is 6.20. The maximum atomic E-state index is 5.73. The molecule has 0 spiro atoms. The van der Waals surface area contributed by atoms with E-state index in [2.05, 4.69) is 17.0 Å². The van der Waals surface area contributed by atoms with Gasteiger partial charge in [0.25, 0.3) is 0 Å². The molecule has 0 saturated heterocycles. The first-order chi connectivity index (χ1) is 8.08. The number of nitrogens with zero attached hydrogens (tertiary/aromatic N) is 1. The second-order valence-corrected chi connectivity index (χ2v) is 4.81. The molecule has 3 nitrogen and oxygen atoms in total. The van der Waals surface area contributed by atoms with Crippen molar-refractivity contribution < 1.29 is 4.74 Å². The van der Waals surface area contributed by atoms with E-state index in [1.165, 1.54) is 5.56 Å². The van der Waals surface area contributed by atoms with Crippen molar-refractivity contribution in [3.8, 4) is 5.75 Å². The van der Waals surface area contributed by atoms with Crippen LogP contribution < -0.4 is 10.5 Å². The maximum Gasteiger partial charge on any atom is 0.119 e. The third-order valence-corrected chi connectivity index (χ3v) is 2.62. The van der Waals surface area contributed by atoms with Crippen molar-refractivity contribution in [1.29, 1.82) is 0 Å². The van der Waals surface area contributed by atoms with Crippen LogP contribution in [0.15, 0.2) is 24.3 Å². The Bertz CT molecular complexity index is 307. The van der Waals surface area contributed by atoms with Crippen LogP contribution in [-0.2, 0) is 6.42 Å². The van der Waals surface area contributed by atoms with E-state index in [9.17, 15) is 0 Å². The van der Waals surface area contributed by atoms with Gasteiger partial charge in [-0.15, -0.1) is 0 Å². The Hall–Kier alpha value is -1.06. The average Bonchev–Trinajstić information content (AvgIpc) is 2.27. The molecule has 2 N–H and O–H groups in total. The summed E-state index contributed by atoms with van der Waals surface area (Å²) in [6, 6.07) is 8.57. The third-order valence-electron chi connectivity index (χ3n) is 2.62. The quantitative estimate of drug-likeness (QED) is 0.786. The van der Waals surface area contributed by atoms with Crippen LogP contribution in [-0.4, -0.2) is 38.2 Å². The SMILES string of the molecule is CC(N)CCc1ccc(OCCN(C)C)cc1. The molecule has 0 aromatic heterocycles. The van der Waals surface area contributed by atoms with Crippen molar-refractivity contribution >= 4 is 0 Å². The molecule has 3 heteroatoms. The van der Waals surface area contributed by atoms with Gasteiger partial charge in [-0.1, -0.05) is 12.1 Å². The Morgan fingerprint density at radius 1 is 1.24 bits per heavy atom. The molecule has 1 rings (SSSR count). The summed E-state index contributed by atoms with van der Waals surface area (Å²) in [5.41, 5.74) is 7.06. The van der Waals surface area contributed by atoms with Crippen molar-refractivity contribution in [3.05, 3.63) is 29.8 Å². The molecular weight excluding hydrogens is 212 g/mol. The summed E-state index contributed by atoms with van der Waals surface area (Å²) in [6.07, 6.45) is 2.07. The van der Waals surface area contributed by atoms with Crippen molar-refractivity contribution in [2.45, 2.75) is 25.8 Å². The molecule has 0 aliphatic carbocycles. The zero-order valence-corrected chi connectivity index (χ0v) is 11.1. The lowest BCUT2D eigenvalue weighted by atomic mass is 10.1. The topological polar surface area (TPSA) is 38.5 Å². The van der Waals surface area contributed by atoms with E-state index >= 15 is 0 Å².